The maximum Gasteiger partial charge on any atom is 0.267 e. The SMILES string of the molecule is CCn1cc(C#N)c2c(-c3c(C)cc(O)c(O)c3C)cc(C(N)=O)nc21. The first kappa shape index (κ1) is 17.3. The first-order valence-corrected chi connectivity index (χ1v) is 8.06. The minimum Gasteiger partial charge on any atom is -0.504 e. The molecule has 3 aromatic rings. The summed E-state index contributed by atoms with van der Waals surface area (Å²) in [6, 6.07) is 5.13. The Balaban J connectivity index is 2.55. The molecule has 1 aromatic carbocycles. The highest BCUT2D eigenvalue weighted by Crippen LogP contribution is 2.42. The zero-order chi connectivity index (χ0) is 19.2. The van der Waals surface area contributed by atoms with Gasteiger partial charge in [0.05, 0.1) is 5.56 Å². The summed E-state index contributed by atoms with van der Waals surface area (Å²) >= 11 is 0. The van der Waals surface area contributed by atoms with Gasteiger partial charge >= 0.3 is 0 Å². The van der Waals surface area contributed by atoms with Crippen molar-refractivity contribution in [2.45, 2.75) is 27.3 Å². The Kier molecular flexibility index (Phi) is 4.04. The van der Waals surface area contributed by atoms with Crippen LogP contribution in [0, 0.1) is 25.2 Å². The van der Waals surface area contributed by atoms with Gasteiger partial charge in [-0.25, -0.2) is 4.98 Å². The van der Waals surface area contributed by atoms with Crippen molar-refractivity contribution in [2.24, 2.45) is 5.73 Å². The maximum atomic E-state index is 11.8. The number of pyridine rings is 1. The summed E-state index contributed by atoms with van der Waals surface area (Å²) in [5.74, 6) is -1.16. The number of primary amides is 1. The van der Waals surface area contributed by atoms with Crippen molar-refractivity contribution < 1.29 is 15.0 Å². The van der Waals surface area contributed by atoms with Gasteiger partial charge in [0.2, 0.25) is 0 Å². The molecule has 0 aliphatic heterocycles. The third-order valence-electron chi connectivity index (χ3n) is 4.53. The normalized spacial score (nSPS) is 10.8. The van der Waals surface area contributed by atoms with Crippen LogP contribution in [0.25, 0.3) is 22.2 Å². The van der Waals surface area contributed by atoms with Crippen molar-refractivity contribution in [3.05, 3.63) is 40.7 Å². The van der Waals surface area contributed by atoms with Crippen molar-refractivity contribution in [3.8, 4) is 28.7 Å². The van der Waals surface area contributed by atoms with Crippen LogP contribution in [0.3, 0.4) is 0 Å². The quantitative estimate of drug-likeness (QED) is 0.626. The Labute approximate surface area is 149 Å². The van der Waals surface area contributed by atoms with Gasteiger partial charge in [-0.2, -0.15) is 5.26 Å². The van der Waals surface area contributed by atoms with E-state index in [0.29, 0.717) is 45.4 Å². The first-order valence-electron chi connectivity index (χ1n) is 8.06. The lowest BCUT2D eigenvalue weighted by molar-refractivity contribution is 0.0996. The highest BCUT2D eigenvalue weighted by molar-refractivity contribution is 6.03. The van der Waals surface area contributed by atoms with Crippen molar-refractivity contribution in [1.29, 1.82) is 5.26 Å². The molecule has 7 heteroatoms. The molecular weight excluding hydrogens is 332 g/mol. The van der Waals surface area contributed by atoms with Crippen LogP contribution in [0.4, 0.5) is 0 Å². The minimum atomic E-state index is -0.686. The molecular formula is C19H18N4O3. The highest BCUT2D eigenvalue weighted by Gasteiger charge is 2.22. The molecule has 1 amide bonds. The Hall–Kier alpha value is -3.53. The molecule has 3 rings (SSSR count). The molecule has 2 heterocycles. The molecule has 0 saturated carbocycles. The Morgan fingerprint density at radius 3 is 2.62 bits per heavy atom. The predicted octanol–water partition coefficient (Wildman–Crippen LogP) is 2.72. The van der Waals surface area contributed by atoms with Crippen LogP contribution >= 0.6 is 0 Å². The number of amides is 1. The third-order valence-corrected chi connectivity index (χ3v) is 4.53. The summed E-state index contributed by atoms with van der Waals surface area (Å²) < 4.78 is 1.77. The number of aromatic nitrogens is 2. The number of nitriles is 1. The van der Waals surface area contributed by atoms with E-state index in [0.717, 1.165) is 0 Å². The number of rotatable bonds is 3. The van der Waals surface area contributed by atoms with E-state index in [1.54, 1.807) is 24.6 Å². The van der Waals surface area contributed by atoms with Crippen molar-refractivity contribution in [1.82, 2.24) is 9.55 Å². The lowest BCUT2D eigenvalue weighted by Crippen LogP contribution is -2.14. The molecule has 2 aromatic heterocycles. The molecule has 0 bridgehead atoms. The third kappa shape index (κ3) is 2.43. The summed E-state index contributed by atoms with van der Waals surface area (Å²) in [5, 5.41) is 30.2. The molecule has 0 unspecified atom stereocenters. The van der Waals surface area contributed by atoms with Gasteiger partial charge in [-0.3, -0.25) is 4.79 Å². The zero-order valence-corrected chi connectivity index (χ0v) is 14.7. The number of phenolic OH excluding ortho intramolecular Hbond substituents is 2. The van der Waals surface area contributed by atoms with E-state index in [-0.39, 0.29) is 17.2 Å². The number of aromatic hydroxyl groups is 2. The van der Waals surface area contributed by atoms with Gasteiger partial charge in [0.15, 0.2) is 11.5 Å². The fourth-order valence-electron chi connectivity index (χ4n) is 3.30. The number of hydrogen-bond donors (Lipinski definition) is 3. The van der Waals surface area contributed by atoms with Crippen LogP contribution < -0.4 is 5.73 Å². The molecule has 0 fully saturated rings. The molecule has 4 N–H and O–H groups in total. The van der Waals surface area contributed by atoms with Crippen LogP contribution in [0.2, 0.25) is 0 Å². The smallest absolute Gasteiger partial charge is 0.267 e. The summed E-state index contributed by atoms with van der Waals surface area (Å²) in [4.78, 5) is 16.1. The van der Waals surface area contributed by atoms with Crippen LogP contribution in [-0.4, -0.2) is 25.7 Å². The summed E-state index contributed by atoms with van der Waals surface area (Å²) in [6.45, 7) is 5.91. The fourth-order valence-corrected chi connectivity index (χ4v) is 3.30. The van der Waals surface area contributed by atoms with Crippen molar-refractivity contribution in [2.75, 3.05) is 0 Å². The number of benzene rings is 1. The molecule has 0 atom stereocenters. The lowest BCUT2D eigenvalue weighted by Gasteiger charge is -2.15. The van der Waals surface area contributed by atoms with Crippen LogP contribution in [0.5, 0.6) is 11.5 Å². The van der Waals surface area contributed by atoms with Gasteiger partial charge in [0.1, 0.15) is 17.4 Å². The van der Waals surface area contributed by atoms with E-state index in [4.69, 9.17) is 5.73 Å². The first-order chi connectivity index (χ1) is 12.3. The van der Waals surface area contributed by atoms with Crippen molar-refractivity contribution >= 4 is 16.9 Å². The average Bonchev–Trinajstić information content (AvgIpc) is 2.97. The number of aryl methyl sites for hydroxylation is 2. The second kappa shape index (κ2) is 6.08. The number of carbonyl (C=O) groups is 1. The van der Waals surface area contributed by atoms with Gasteiger partial charge < -0.3 is 20.5 Å². The van der Waals surface area contributed by atoms with Gasteiger partial charge in [0.25, 0.3) is 5.91 Å². The summed E-state index contributed by atoms with van der Waals surface area (Å²) in [6.07, 6.45) is 1.68. The highest BCUT2D eigenvalue weighted by atomic mass is 16.3. The Bertz CT molecular complexity index is 1110. The van der Waals surface area contributed by atoms with Gasteiger partial charge in [-0.1, -0.05) is 0 Å². The van der Waals surface area contributed by atoms with Crippen LogP contribution in [0.15, 0.2) is 18.3 Å². The molecule has 0 spiro atoms. The predicted molar refractivity (Wildman–Crippen MR) is 96.9 cm³/mol. The average molecular weight is 350 g/mol. The van der Waals surface area contributed by atoms with E-state index in [1.165, 1.54) is 12.1 Å². The monoisotopic (exact) mass is 350 g/mol. The molecule has 0 saturated heterocycles. The van der Waals surface area contributed by atoms with E-state index in [9.17, 15) is 20.3 Å². The molecule has 7 nitrogen and oxygen atoms in total. The number of fused-ring (bicyclic) bond motifs is 1. The second-order valence-corrected chi connectivity index (χ2v) is 6.12. The molecule has 26 heavy (non-hydrogen) atoms. The van der Waals surface area contributed by atoms with Crippen LogP contribution in [0.1, 0.15) is 34.1 Å². The number of carbonyl (C=O) groups excluding carboxylic acids is 1. The van der Waals surface area contributed by atoms with Crippen molar-refractivity contribution in [3.63, 3.8) is 0 Å². The fraction of sp³-hybridized carbons (Fsp3) is 0.211. The number of nitrogens with zero attached hydrogens (tertiary/aromatic N) is 3. The topological polar surface area (TPSA) is 125 Å². The minimum absolute atomic E-state index is 0.0659. The van der Waals surface area contributed by atoms with E-state index >= 15 is 0 Å². The largest absolute Gasteiger partial charge is 0.504 e. The second-order valence-electron chi connectivity index (χ2n) is 6.12. The van der Waals surface area contributed by atoms with Gasteiger partial charge in [0, 0.05) is 23.7 Å². The van der Waals surface area contributed by atoms with E-state index in [2.05, 4.69) is 11.1 Å². The van der Waals surface area contributed by atoms with E-state index < -0.39 is 5.91 Å². The Morgan fingerprint density at radius 2 is 2.04 bits per heavy atom. The van der Waals surface area contributed by atoms with Gasteiger partial charge in [-0.05, 0) is 49.6 Å². The summed E-state index contributed by atoms with van der Waals surface area (Å²) in [5.41, 5.74) is 8.72. The van der Waals surface area contributed by atoms with Gasteiger partial charge in [-0.15, -0.1) is 0 Å². The molecule has 0 radical (unpaired) electrons. The number of phenols is 2. The zero-order valence-electron chi connectivity index (χ0n) is 14.7. The molecule has 0 aliphatic carbocycles. The summed E-state index contributed by atoms with van der Waals surface area (Å²) in [7, 11) is 0. The standard InChI is InChI=1S/C19H18N4O3/c1-4-23-8-11(7-20)16-12(6-13(18(21)26)22-19(16)23)15-9(2)5-14(24)17(25)10(15)3/h5-6,8,24-25H,4H2,1-3H3,(H2,21,26). The Morgan fingerprint density at radius 1 is 1.35 bits per heavy atom. The number of hydrogen-bond acceptors (Lipinski definition) is 5. The molecule has 0 aliphatic rings. The molecule has 132 valence electrons. The lowest BCUT2D eigenvalue weighted by atomic mass is 9.91. The number of nitrogens with two attached hydrogens (primary N) is 1. The van der Waals surface area contributed by atoms with Crippen LogP contribution in [-0.2, 0) is 6.54 Å². The van der Waals surface area contributed by atoms with E-state index in [1.807, 2.05) is 6.92 Å². The maximum absolute atomic E-state index is 11.8.